The zero-order chi connectivity index (χ0) is 17.6. The fraction of sp³-hybridized carbons (Fsp3) is 0.0556. The minimum Gasteiger partial charge on any atom is -0.355 e. The topological polar surface area (TPSA) is 66.9 Å². The quantitative estimate of drug-likeness (QED) is 0.726. The van der Waals surface area contributed by atoms with Crippen molar-refractivity contribution in [2.24, 2.45) is 0 Å². The molecule has 3 rings (SSSR count). The molecule has 2 N–H and O–H groups in total. The molecule has 25 heavy (non-hydrogen) atoms. The third kappa shape index (κ3) is 4.51. The second-order valence-corrected chi connectivity index (χ2v) is 5.59. The van der Waals surface area contributed by atoms with E-state index in [1.807, 2.05) is 18.2 Å². The number of hydrogen-bond acceptors (Lipinski definition) is 4. The molecule has 126 valence electrons. The van der Waals surface area contributed by atoms with E-state index in [0.29, 0.717) is 17.9 Å². The lowest BCUT2D eigenvalue weighted by Gasteiger charge is -2.09. The number of nitrogens with zero attached hydrogens (tertiary/aromatic N) is 2. The van der Waals surface area contributed by atoms with Crippen LogP contribution in [-0.4, -0.2) is 15.9 Å². The van der Waals surface area contributed by atoms with Gasteiger partial charge in [0, 0.05) is 23.8 Å². The summed E-state index contributed by atoms with van der Waals surface area (Å²) in [4.78, 5) is 20.4. The van der Waals surface area contributed by atoms with Gasteiger partial charge < -0.3 is 10.6 Å². The minimum absolute atomic E-state index is 0.0207. The van der Waals surface area contributed by atoms with Crippen molar-refractivity contribution in [2.45, 2.75) is 6.54 Å². The molecular formula is C18H14ClFN4O. The van der Waals surface area contributed by atoms with Gasteiger partial charge >= 0.3 is 0 Å². The van der Waals surface area contributed by atoms with Crippen LogP contribution in [0.2, 0.25) is 5.02 Å². The number of nitrogens with one attached hydrogen (secondary N) is 2. The molecule has 0 saturated heterocycles. The fourth-order valence-corrected chi connectivity index (χ4v) is 2.32. The summed E-state index contributed by atoms with van der Waals surface area (Å²) in [5.41, 5.74) is 2.26. The number of pyridine rings is 2. The van der Waals surface area contributed by atoms with E-state index < -0.39 is 5.82 Å². The molecule has 0 aliphatic rings. The Kier molecular flexibility index (Phi) is 5.20. The number of anilines is 2. The van der Waals surface area contributed by atoms with Crippen molar-refractivity contribution in [3.8, 4) is 0 Å². The molecule has 0 atom stereocenters. The predicted molar refractivity (Wildman–Crippen MR) is 94.3 cm³/mol. The first kappa shape index (κ1) is 16.9. The van der Waals surface area contributed by atoms with Crippen molar-refractivity contribution in [3.63, 3.8) is 0 Å². The maximum atomic E-state index is 13.2. The van der Waals surface area contributed by atoms with Gasteiger partial charge in [0.2, 0.25) is 0 Å². The first-order chi connectivity index (χ1) is 12.1. The summed E-state index contributed by atoms with van der Waals surface area (Å²) >= 11 is 5.76. The number of amides is 1. The molecule has 0 aliphatic carbocycles. The molecule has 2 heterocycles. The van der Waals surface area contributed by atoms with Gasteiger partial charge in [0.1, 0.15) is 11.5 Å². The molecule has 0 bridgehead atoms. The third-order valence-corrected chi connectivity index (χ3v) is 3.65. The van der Waals surface area contributed by atoms with Gasteiger partial charge in [-0.25, -0.2) is 4.39 Å². The highest BCUT2D eigenvalue weighted by Crippen LogP contribution is 2.22. The van der Waals surface area contributed by atoms with E-state index in [-0.39, 0.29) is 16.6 Å². The molecule has 5 nitrogen and oxygen atoms in total. The molecule has 1 amide bonds. The Hall–Kier alpha value is -2.99. The van der Waals surface area contributed by atoms with Gasteiger partial charge in [-0.15, -0.1) is 0 Å². The lowest BCUT2D eigenvalue weighted by Crippen LogP contribution is -2.24. The van der Waals surface area contributed by atoms with Gasteiger partial charge in [0.15, 0.2) is 0 Å². The highest BCUT2D eigenvalue weighted by Gasteiger charge is 2.09. The Labute approximate surface area is 148 Å². The van der Waals surface area contributed by atoms with Gasteiger partial charge in [-0.1, -0.05) is 17.7 Å². The van der Waals surface area contributed by atoms with Crippen LogP contribution in [0, 0.1) is 5.82 Å². The molecular weight excluding hydrogens is 343 g/mol. The number of rotatable bonds is 5. The van der Waals surface area contributed by atoms with E-state index in [1.165, 1.54) is 18.3 Å². The van der Waals surface area contributed by atoms with Crippen LogP contribution < -0.4 is 10.6 Å². The van der Waals surface area contributed by atoms with Crippen molar-refractivity contribution in [1.29, 1.82) is 0 Å². The normalized spacial score (nSPS) is 10.3. The Morgan fingerprint density at radius 2 is 1.88 bits per heavy atom. The number of carbonyl (C=O) groups is 1. The van der Waals surface area contributed by atoms with Crippen molar-refractivity contribution in [3.05, 3.63) is 83.2 Å². The SMILES string of the molecule is O=C(NCc1ccccn1)c1cc(Nc2ccc(F)c(Cl)c2)ccn1. The Morgan fingerprint density at radius 3 is 2.64 bits per heavy atom. The van der Waals surface area contributed by atoms with E-state index in [1.54, 1.807) is 24.4 Å². The minimum atomic E-state index is -0.489. The summed E-state index contributed by atoms with van der Waals surface area (Å²) in [6.07, 6.45) is 3.18. The monoisotopic (exact) mass is 356 g/mol. The lowest BCUT2D eigenvalue weighted by atomic mass is 10.2. The van der Waals surface area contributed by atoms with E-state index in [4.69, 9.17) is 11.6 Å². The molecule has 0 unspecified atom stereocenters. The number of hydrogen-bond donors (Lipinski definition) is 2. The van der Waals surface area contributed by atoms with E-state index >= 15 is 0 Å². The van der Waals surface area contributed by atoms with E-state index in [0.717, 1.165) is 5.69 Å². The predicted octanol–water partition coefficient (Wildman–Crippen LogP) is 3.94. The Bertz CT molecular complexity index is 889. The smallest absolute Gasteiger partial charge is 0.270 e. The summed E-state index contributed by atoms with van der Waals surface area (Å²) in [5, 5.41) is 5.84. The van der Waals surface area contributed by atoms with Crippen molar-refractivity contribution in [2.75, 3.05) is 5.32 Å². The largest absolute Gasteiger partial charge is 0.355 e. The highest BCUT2D eigenvalue weighted by atomic mass is 35.5. The average Bonchev–Trinajstić information content (AvgIpc) is 2.64. The second kappa shape index (κ2) is 7.72. The first-order valence-electron chi connectivity index (χ1n) is 7.48. The molecule has 7 heteroatoms. The van der Waals surface area contributed by atoms with Crippen molar-refractivity contribution in [1.82, 2.24) is 15.3 Å². The van der Waals surface area contributed by atoms with E-state index in [2.05, 4.69) is 20.6 Å². The maximum absolute atomic E-state index is 13.2. The van der Waals surface area contributed by atoms with Crippen LogP contribution in [0.4, 0.5) is 15.8 Å². The second-order valence-electron chi connectivity index (χ2n) is 5.19. The van der Waals surface area contributed by atoms with Crippen LogP contribution in [0.5, 0.6) is 0 Å². The van der Waals surface area contributed by atoms with Gasteiger partial charge in [-0.05, 0) is 42.5 Å². The van der Waals surface area contributed by atoms with Crippen molar-refractivity contribution < 1.29 is 9.18 Å². The van der Waals surface area contributed by atoms with Crippen LogP contribution in [0.25, 0.3) is 0 Å². The molecule has 2 aromatic heterocycles. The van der Waals surface area contributed by atoms with Crippen LogP contribution in [0.1, 0.15) is 16.2 Å². The van der Waals surface area contributed by atoms with Gasteiger partial charge in [0.05, 0.1) is 17.3 Å². The Balaban J connectivity index is 1.68. The third-order valence-electron chi connectivity index (χ3n) is 3.36. The molecule has 0 fully saturated rings. The summed E-state index contributed by atoms with van der Waals surface area (Å²) in [6, 6.07) is 13.1. The number of halogens is 2. The van der Waals surface area contributed by atoms with Gasteiger partial charge in [-0.3, -0.25) is 14.8 Å². The molecule has 0 spiro atoms. The molecule has 0 aliphatic heterocycles. The van der Waals surface area contributed by atoms with Crippen LogP contribution in [0.3, 0.4) is 0 Å². The summed E-state index contributed by atoms with van der Waals surface area (Å²) in [6.45, 7) is 0.312. The number of aromatic nitrogens is 2. The molecule has 3 aromatic rings. The molecule has 0 saturated carbocycles. The van der Waals surface area contributed by atoms with Crippen LogP contribution in [-0.2, 0) is 6.54 Å². The zero-order valence-electron chi connectivity index (χ0n) is 13.0. The summed E-state index contributed by atoms with van der Waals surface area (Å²) in [5.74, 6) is -0.803. The number of benzene rings is 1. The summed E-state index contributed by atoms with van der Waals surface area (Å²) in [7, 11) is 0. The zero-order valence-corrected chi connectivity index (χ0v) is 13.8. The van der Waals surface area contributed by atoms with Gasteiger partial charge in [0.25, 0.3) is 5.91 Å². The molecule has 1 aromatic carbocycles. The van der Waals surface area contributed by atoms with E-state index in [9.17, 15) is 9.18 Å². The Morgan fingerprint density at radius 1 is 1.04 bits per heavy atom. The standard InChI is InChI=1S/C18H14ClFN4O/c19-15-9-12(4-5-16(15)20)24-13-6-8-22-17(10-13)18(25)23-11-14-3-1-2-7-21-14/h1-10H,11H2,(H,22,24)(H,23,25). The maximum Gasteiger partial charge on any atom is 0.270 e. The lowest BCUT2D eigenvalue weighted by molar-refractivity contribution is 0.0945. The first-order valence-corrected chi connectivity index (χ1v) is 7.86. The van der Waals surface area contributed by atoms with Crippen molar-refractivity contribution >= 4 is 28.9 Å². The van der Waals surface area contributed by atoms with Crippen LogP contribution in [0.15, 0.2) is 60.9 Å². The highest BCUT2D eigenvalue weighted by molar-refractivity contribution is 6.31. The van der Waals surface area contributed by atoms with Crippen LogP contribution >= 0.6 is 11.6 Å². The van der Waals surface area contributed by atoms with Gasteiger partial charge in [-0.2, -0.15) is 0 Å². The average molecular weight is 357 g/mol. The number of carbonyl (C=O) groups excluding carboxylic acids is 1. The summed E-state index contributed by atoms with van der Waals surface area (Å²) < 4.78 is 13.2. The fourth-order valence-electron chi connectivity index (χ4n) is 2.14. The molecule has 0 radical (unpaired) electrons.